The van der Waals surface area contributed by atoms with Crippen molar-refractivity contribution in [1.29, 1.82) is 0 Å². The van der Waals surface area contributed by atoms with Crippen molar-refractivity contribution >= 4 is 34.1 Å². The first kappa shape index (κ1) is 18.1. The van der Waals surface area contributed by atoms with Gasteiger partial charge in [-0.2, -0.15) is 5.10 Å². The standard InChI is InChI=1S/C16H23N9S/c1-10-11(2)26-13(24-10)8-20-16(17-3)19-6-5-18-14-12-7-23-25(4)15(12)22-9-21-14/h7,9H,5-6,8H2,1-4H3,(H2,17,19,20)(H,18,21,22). The van der Waals surface area contributed by atoms with Crippen LogP contribution >= 0.6 is 11.3 Å². The lowest BCUT2D eigenvalue weighted by molar-refractivity contribution is 0.785. The van der Waals surface area contributed by atoms with E-state index in [-0.39, 0.29) is 0 Å². The van der Waals surface area contributed by atoms with Gasteiger partial charge in [0.15, 0.2) is 11.6 Å². The average Bonchev–Trinajstić information content (AvgIpc) is 3.17. The van der Waals surface area contributed by atoms with E-state index in [1.165, 1.54) is 11.2 Å². The molecular weight excluding hydrogens is 350 g/mol. The number of hydrogen-bond donors (Lipinski definition) is 3. The molecule has 138 valence electrons. The Balaban J connectivity index is 1.47. The maximum Gasteiger partial charge on any atom is 0.191 e. The third-order valence-corrected chi connectivity index (χ3v) is 5.02. The van der Waals surface area contributed by atoms with Gasteiger partial charge in [0.05, 0.1) is 23.8 Å². The van der Waals surface area contributed by atoms with Gasteiger partial charge in [-0.3, -0.25) is 9.67 Å². The molecule has 0 amide bonds. The molecule has 0 saturated carbocycles. The molecule has 0 aromatic carbocycles. The molecule has 0 radical (unpaired) electrons. The zero-order valence-corrected chi connectivity index (χ0v) is 16.2. The van der Waals surface area contributed by atoms with E-state index in [9.17, 15) is 0 Å². The summed E-state index contributed by atoms with van der Waals surface area (Å²) in [5, 5.41) is 16.0. The molecule has 3 aromatic heterocycles. The molecule has 0 saturated heterocycles. The molecule has 0 fully saturated rings. The van der Waals surface area contributed by atoms with Crippen molar-refractivity contribution in [3.63, 3.8) is 0 Å². The van der Waals surface area contributed by atoms with Crippen LogP contribution < -0.4 is 16.0 Å². The Bertz CT molecular complexity index is 892. The Labute approximate surface area is 156 Å². The fourth-order valence-electron chi connectivity index (χ4n) is 2.46. The predicted octanol–water partition coefficient (Wildman–Crippen LogP) is 1.21. The highest BCUT2D eigenvalue weighted by Gasteiger charge is 2.07. The number of nitrogens with one attached hydrogen (secondary N) is 3. The van der Waals surface area contributed by atoms with Crippen molar-refractivity contribution in [2.24, 2.45) is 12.0 Å². The van der Waals surface area contributed by atoms with Gasteiger partial charge in [-0.25, -0.2) is 15.0 Å². The van der Waals surface area contributed by atoms with Crippen LogP contribution in [0, 0.1) is 13.8 Å². The van der Waals surface area contributed by atoms with Crippen LogP contribution in [-0.2, 0) is 13.6 Å². The highest BCUT2D eigenvalue weighted by Crippen LogP contribution is 2.17. The summed E-state index contributed by atoms with van der Waals surface area (Å²) in [5.41, 5.74) is 1.90. The summed E-state index contributed by atoms with van der Waals surface area (Å²) in [6, 6.07) is 0. The molecule has 3 N–H and O–H groups in total. The molecule has 0 aliphatic heterocycles. The van der Waals surface area contributed by atoms with E-state index in [1.807, 2.05) is 14.0 Å². The second kappa shape index (κ2) is 8.09. The minimum atomic E-state index is 0.661. The summed E-state index contributed by atoms with van der Waals surface area (Å²) in [5.74, 6) is 1.52. The summed E-state index contributed by atoms with van der Waals surface area (Å²) in [7, 11) is 3.62. The number of aromatic nitrogens is 5. The number of anilines is 1. The van der Waals surface area contributed by atoms with Crippen molar-refractivity contribution in [2.75, 3.05) is 25.5 Å². The van der Waals surface area contributed by atoms with Crippen LogP contribution in [0.5, 0.6) is 0 Å². The number of fused-ring (bicyclic) bond motifs is 1. The molecule has 0 atom stereocenters. The van der Waals surface area contributed by atoms with Crippen LogP contribution in [0.3, 0.4) is 0 Å². The molecular formula is C16H23N9S. The van der Waals surface area contributed by atoms with Crippen molar-refractivity contribution in [1.82, 2.24) is 35.4 Å². The van der Waals surface area contributed by atoms with Gasteiger partial charge in [-0.1, -0.05) is 0 Å². The first-order valence-electron chi connectivity index (χ1n) is 8.32. The lowest BCUT2D eigenvalue weighted by Crippen LogP contribution is -2.39. The van der Waals surface area contributed by atoms with Gasteiger partial charge in [0.1, 0.15) is 17.2 Å². The van der Waals surface area contributed by atoms with Gasteiger partial charge < -0.3 is 16.0 Å². The van der Waals surface area contributed by atoms with Crippen molar-refractivity contribution in [2.45, 2.75) is 20.4 Å². The minimum Gasteiger partial charge on any atom is -0.368 e. The van der Waals surface area contributed by atoms with Crippen molar-refractivity contribution in [3.05, 3.63) is 28.1 Å². The van der Waals surface area contributed by atoms with Crippen LogP contribution in [0.2, 0.25) is 0 Å². The van der Waals surface area contributed by atoms with E-state index in [2.05, 4.69) is 47.9 Å². The quantitative estimate of drug-likeness (QED) is 0.339. The summed E-state index contributed by atoms with van der Waals surface area (Å²) in [4.78, 5) is 18.5. The summed E-state index contributed by atoms with van der Waals surface area (Å²) < 4.78 is 1.73. The van der Waals surface area contributed by atoms with Crippen molar-refractivity contribution < 1.29 is 0 Å². The van der Waals surface area contributed by atoms with E-state index < -0.39 is 0 Å². The maximum absolute atomic E-state index is 4.52. The molecule has 0 bridgehead atoms. The van der Waals surface area contributed by atoms with Crippen LogP contribution in [0.25, 0.3) is 11.0 Å². The Morgan fingerprint density at radius 3 is 2.81 bits per heavy atom. The highest BCUT2D eigenvalue weighted by atomic mass is 32.1. The van der Waals surface area contributed by atoms with Gasteiger partial charge in [0.2, 0.25) is 0 Å². The lowest BCUT2D eigenvalue weighted by Gasteiger charge is -2.12. The zero-order chi connectivity index (χ0) is 18.5. The largest absolute Gasteiger partial charge is 0.368 e. The number of rotatable bonds is 6. The third-order valence-electron chi connectivity index (χ3n) is 3.94. The number of hydrogen-bond acceptors (Lipinski definition) is 7. The average molecular weight is 373 g/mol. The molecule has 10 heteroatoms. The Hall–Kier alpha value is -2.75. The maximum atomic E-state index is 4.52. The molecule has 3 heterocycles. The van der Waals surface area contributed by atoms with E-state index in [0.717, 1.165) is 33.5 Å². The fourth-order valence-corrected chi connectivity index (χ4v) is 3.33. The van der Waals surface area contributed by atoms with E-state index in [4.69, 9.17) is 0 Å². The van der Waals surface area contributed by atoms with E-state index in [1.54, 1.807) is 29.3 Å². The Morgan fingerprint density at radius 1 is 1.23 bits per heavy atom. The molecule has 0 unspecified atom stereocenters. The monoisotopic (exact) mass is 373 g/mol. The highest BCUT2D eigenvalue weighted by molar-refractivity contribution is 7.11. The number of nitrogens with zero attached hydrogens (tertiary/aromatic N) is 6. The van der Waals surface area contributed by atoms with Crippen LogP contribution in [0.15, 0.2) is 17.5 Å². The summed E-state index contributed by atoms with van der Waals surface area (Å²) in [6.45, 7) is 6.16. The second-order valence-corrected chi connectivity index (χ2v) is 7.04. The zero-order valence-electron chi connectivity index (χ0n) is 15.4. The normalized spacial score (nSPS) is 11.8. The van der Waals surface area contributed by atoms with E-state index in [0.29, 0.717) is 19.6 Å². The third kappa shape index (κ3) is 4.07. The first-order valence-corrected chi connectivity index (χ1v) is 9.14. The Morgan fingerprint density at radius 2 is 2.08 bits per heavy atom. The van der Waals surface area contributed by atoms with Crippen LogP contribution in [-0.4, -0.2) is 50.8 Å². The lowest BCUT2D eigenvalue weighted by atomic mass is 10.4. The number of aryl methyl sites for hydroxylation is 3. The SMILES string of the molecule is CN=C(NCCNc1ncnc2c1cnn2C)NCc1nc(C)c(C)s1. The number of guanidine groups is 1. The van der Waals surface area contributed by atoms with E-state index >= 15 is 0 Å². The van der Waals surface area contributed by atoms with Gasteiger partial charge in [0, 0.05) is 32.1 Å². The molecule has 9 nitrogen and oxygen atoms in total. The molecule has 0 spiro atoms. The predicted molar refractivity (Wildman–Crippen MR) is 105 cm³/mol. The topological polar surface area (TPSA) is 105 Å². The van der Waals surface area contributed by atoms with Crippen LogP contribution in [0.1, 0.15) is 15.6 Å². The number of thiazole rings is 1. The molecule has 0 aliphatic rings. The number of aliphatic imine (C=N–C) groups is 1. The molecule has 0 aliphatic carbocycles. The fraction of sp³-hybridized carbons (Fsp3) is 0.438. The Kier molecular flexibility index (Phi) is 5.61. The second-order valence-electron chi connectivity index (χ2n) is 5.76. The minimum absolute atomic E-state index is 0.661. The molecule has 26 heavy (non-hydrogen) atoms. The molecule has 3 rings (SSSR count). The summed E-state index contributed by atoms with van der Waals surface area (Å²) >= 11 is 1.70. The van der Waals surface area contributed by atoms with Gasteiger partial charge >= 0.3 is 0 Å². The van der Waals surface area contributed by atoms with Crippen molar-refractivity contribution in [3.8, 4) is 0 Å². The van der Waals surface area contributed by atoms with Gasteiger partial charge in [-0.05, 0) is 13.8 Å². The smallest absolute Gasteiger partial charge is 0.191 e. The van der Waals surface area contributed by atoms with Crippen LogP contribution in [0.4, 0.5) is 5.82 Å². The summed E-state index contributed by atoms with van der Waals surface area (Å²) in [6.07, 6.45) is 3.31. The first-order chi connectivity index (χ1) is 12.6. The van der Waals surface area contributed by atoms with Gasteiger partial charge in [0.25, 0.3) is 0 Å². The van der Waals surface area contributed by atoms with Gasteiger partial charge in [-0.15, -0.1) is 11.3 Å². The molecule has 3 aromatic rings.